The first kappa shape index (κ1) is 18.0. The third-order valence-corrected chi connectivity index (χ3v) is 5.07. The summed E-state index contributed by atoms with van der Waals surface area (Å²) in [7, 11) is 1.89. The Morgan fingerprint density at radius 3 is 2.55 bits per heavy atom. The summed E-state index contributed by atoms with van der Waals surface area (Å²) in [5.74, 6) is 7.39. The fourth-order valence-corrected chi connectivity index (χ4v) is 3.79. The van der Waals surface area contributed by atoms with Gasteiger partial charge in [-0.25, -0.2) is 0 Å². The second-order valence-electron chi connectivity index (χ2n) is 5.44. The molecule has 2 fully saturated rings. The number of halogens is 1. The first-order valence-electron chi connectivity index (χ1n) is 7.32. The molecule has 1 heterocycles. The number of terminal acetylenes is 1. The Bertz CT molecular complexity index is 340. The van der Waals surface area contributed by atoms with E-state index in [2.05, 4.69) is 21.1 Å². The monoisotopic (exact) mass is 407 g/mol. The van der Waals surface area contributed by atoms with Gasteiger partial charge in [0.05, 0.1) is 5.75 Å². The van der Waals surface area contributed by atoms with Gasteiger partial charge in [-0.15, -0.1) is 42.2 Å². The smallest absolute Gasteiger partial charge is 0.193 e. The van der Waals surface area contributed by atoms with Crippen molar-refractivity contribution < 1.29 is 0 Å². The van der Waals surface area contributed by atoms with Crippen LogP contribution < -0.4 is 5.32 Å². The lowest BCUT2D eigenvalue weighted by Gasteiger charge is -2.22. The van der Waals surface area contributed by atoms with Crippen molar-refractivity contribution in [2.24, 2.45) is 16.8 Å². The predicted octanol–water partition coefficient (Wildman–Crippen LogP) is 2.67. The Labute approximate surface area is 144 Å². The number of hydrogen-bond donors (Lipinski definition) is 1. The highest BCUT2D eigenvalue weighted by Crippen LogP contribution is 2.35. The summed E-state index contributed by atoms with van der Waals surface area (Å²) in [6, 6.07) is 0. The molecule has 5 heteroatoms. The van der Waals surface area contributed by atoms with Crippen molar-refractivity contribution in [3.05, 3.63) is 0 Å². The van der Waals surface area contributed by atoms with Crippen molar-refractivity contribution in [1.29, 1.82) is 0 Å². The highest BCUT2D eigenvalue weighted by Gasteiger charge is 2.35. The van der Waals surface area contributed by atoms with Crippen LogP contribution in [0, 0.1) is 24.2 Å². The number of nitrogens with zero attached hydrogens (tertiary/aromatic N) is 2. The number of aliphatic imine (C=N–C) groups is 1. The fraction of sp³-hybridized carbons (Fsp3) is 0.800. The van der Waals surface area contributed by atoms with E-state index in [1.165, 1.54) is 38.8 Å². The summed E-state index contributed by atoms with van der Waals surface area (Å²) in [6.07, 6.45) is 10.9. The van der Waals surface area contributed by atoms with Gasteiger partial charge in [0.2, 0.25) is 0 Å². The van der Waals surface area contributed by atoms with Crippen LogP contribution in [0.3, 0.4) is 0 Å². The zero-order valence-electron chi connectivity index (χ0n) is 12.3. The molecule has 1 saturated heterocycles. The van der Waals surface area contributed by atoms with Gasteiger partial charge in [0.1, 0.15) is 0 Å². The van der Waals surface area contributed by atoms with Crippen LogP contribution in [0.4, 0.5) is 0 Å². The van der Waals surface area contributed by atoms with Crippen molar-refractivity contribution in [1.82, 2.24) is 10.2 Å². The summed E-state index contributed by atoms with van der Waals surface area (Å²) < 4.78 is 0. The molecule has 0 radical (unpaired) electrons. The van der Waals surface area contributed by atoms with Gasteiger partial charge < -0.3 is 10.2 Å². The van der Waals surface area contributed by atoms with E-state index in [0.29, 0.717) is 0 Å². The van der Waals surface area contributed by atoms with Crippen LogP contribution in [-0.4, -0.2) is 49.0 Å². The molecule has 0 spiro atoms. The average molecular weight is 407 g/mol. The van der Waals surface area contributed by atoms with E-state index in [0.717, 1.165) is 35.8 Å². The number of nitrogens with one attached hydrogen (secondary N) is 1. The molecule has 1 N–H and O–H groups in total. The van der Waals surface area contributed by atoms with Crippen LogP contribution in [0.25, 0.3) is 0 Å². The number of rotatable bonds is 4. The molecule has 2 atom stereocenters. The van der Waals surface area contributed by atoms with E-state index in [9.17, 15) is 0 Å². The molecule has 0 bridgehead atoms. The molecule has 0 amide bonds. The standard InChI is InChI=1S/C15H25N3S.HI/c1-3-9-19-10-8-17-15(16-2)18-11-13-6-4-5-7-14(13)12-18;/h1,13-14H,4-12H2,2H3,(H,16,17);1H. The zero-order chi connectivity index (χ0) is 13.5. The van der Waals surface area contributed by atoms with Crippen LogP contribution in [0.1, 0.15) is 25.7 Å². The number of thioether (sulfide) groups is 1. The number of likely N-dealkylation sites (tertiary alicyclic amines) is 1. The molecule has 114 valence electrons. The van der Waals surface area contributed by atoms with Crippen molar-refractivity contribution in [3.8, 4) is 12.3 Å². The van der Waals surface area contributed by atoms with Crippen LogP contribution >= 0.6 is 35.7 Å². The molecule has 1 aliphatic heterocycles. The van der Waals surface area contributed by atoms with Crippen molar-refractivity contribution in [2.45, 2.75) is 25.7 Å². The highest BCUT2D eigenvalue weighted by molar-refractivity contribution is 14.0. The minimum atomic E-state index is 0. The summed E-state index contributed by atoms with van der Waals surface area (Å²) in [5, 5.41) is 3.47. The number of fused-ring (bicyclic) bond motifs is 1. The second-order valence-corrected chi connectivity index (χ2v) is 6.55. The molecule has 2 rings (SSSR count). The minimum absolute atomic E-state index is 0. The number of guanidine groups is 1. The molecular weight excluding hydrogens is 381 g/mol. The van der Waals surface area contributed by atoms with E-state index in [1.807, 2.05) is 7.05 Å². The third-order valence-electron chi connectivity index (χ3n) is 4.20. The lowest BCUT2D eigenvalue weighted by Crippen LogP contribution is -2.41. The number of hydrogen-bond acceptors (Lipinski definition) is 2. The molecule has 0 aromatic carbocycles. The Morgan fingerprint density at radius 1 is 1.35 bits per heavy atom. The summed E-state index contributed by atoms with van der Waals surface area (Å²) in [5.41, 5.74) is 0. The van der Waals surface area contributed by atoms with Gasteiger partial charge in [0, 0.05) is 32.4 Å². The molecule has 3 nitrogen and oxygen atoms in total. The maximum absolute atomic E-state index is 5.24. The Kier molecular flexibility index (Phi) is 8.78. The molecule has 1 saturated carbocycles. The summed E-state index contributed by atoms with van der Waals surface area (Å²) in [4.78, 5) is 6.88. The lowest BCUT2D eigenvalue weighted by molar-refractivity contribution is 0.299. The first-order valence-corrected chi connectivity index (χ1v) is 8.47. The van der Waals surface area contributed by atoms with Gasteiger partial charge in [-0.05, 0) is 24.7 Å². The summed E-state index contributed by atoms with van der Waals surface area (Å²) >= 11 is 1.80. The molecule has 0 aromatic heterocycles. The molecule has 0 aromatic rings. The average Bonchev–Trinajstić information content (AvgIpc) is 2.86. The Hall–Kier alpha value is -0.0900. The molecule has 1 aliphatic carbocycles. The van der Waals surface area contributed by atoms with E-state index in [-0.39, 0.29) is 24.0 Å². The van der Waals surface area contributed by atoms with Crippen molar-refractivity contribution in [3.63, 3.8) is 0 Å². The van der Waals surface area contributed by atoms with E-state index >= 15 is 0 Å². The molecule has 20 heavy (non-hydrogen) atoms. The zero-order valence-corrected chi connectivity index (χ0v) is 15.5. The Balaban J connectivity index is 0.00000200. The first-order chi connectivity index (χ1) is 9.35. The highest BCUT2D eigenvalue weighted by atomic mass is 127. The SMILES string of the molecule is C#CCSCCNC(=NC)N1CC2CCCCC2C1.I. The Morgan fingerprint density at radius 2 is 2.00 bits per heavy atom. The van der Waals surface area contributed by atoms with E-state index < -0.39 is 0 Å². The summed E-state index contributed by atoms with van der Waals surface area (Å²) in [6.45, 7) is 3.34. The van der Waals surface area contributed by atoms with Gasteiger partial charge in [-0.1, -0.05) is 18.8 Å². The molecular formula is C15H26IN3S. The largest absolute Gasteiger partial charge is 0.355 e. The van der Waals surface area contributed by atoms with Crippen LogP contribution in [-0.2, 0) is 0 Å². The van der Waals surface area contributed by atoms with E-state index in [4.69, 9.17) is 6.42 Å². The maximum Gasteiger partial charge on any atom is 0.193 e. The van der Waals surface area contributed by atoms with Gasteiger partial charge >= 0.3 is 0 Å². The topological polar surface area (TPSA) is 27.6 Å². The van der Waals surface area contributed by atoms with Crippen molar-refractivity contribution in [2.75, 3.05) is 38.2 Å². The third kappa shape index (κ3) is 5.03. The molecule has 2 unspecified atom stereocenters. The quantitative estimate of drug-likeness (QED) is 0.255. The van der Waals surface area contributed by atoms with Gasteiger partial charge in [0.25, 0.3) is 0 Å². The maximum atomic E-state index is 5.24. The lowest BCUT2D eigenvalue weighted by atomic mass is 9.82. The predicted molar refractivity (Wildman–Crippen MR) is 100.0 cm³/mol. The van der Waals surface area contributed by atoms with Gasteiger partial charge in [-0.2, -0.15) is 0 Å². The fourth-order valence-electron chi connectivity index (χ4n) is 3.28. The van der Waals surface area contributed by atoms with Crippen LogP contribution in [0.2, 0.25) is 0 Å². The van der Waals surface area contributed by atoms with E-state index in [1.54, 1.807) is 11.8 Å². The second kappa shape index (κ2) is 9.78. The van der Waals surface area contributed by atoms with Crippen molar-refractivity contribution >= 4 is 41.7 Å². The van der Waals surface area contributed by atoms with Gasteiger partial charge in [0.15, 0.2) is 5.96 Å². The van der Waals surface area contributed by atoms with Gasteiger partial charge in [-0.3, -0.25) is 4.99 Å². The minimum Gasteiger partial charge on any atom is -0.355 e. The van der Waals surface area contributed by atoms with Crippen LogP contribution in [0.15, 0.2) is 4.99 Å². The van der Waals surface area contributed by atoms with Crippen LogP contribution in [0.5, 0.6) is 0 Å². The normalized spacial score (nSPS) is 25.6. The molecule has 2 aliphatic rings.